The van der Waals surface area contributed by atoms with Gasteiger partial charge in [0.2, 0.25) is 0 Å². The minimum atomic E-state index is 0. The fourth-order valence-electron chi connectivity index (χ4n) is 0.507. The second-order valence-corrected chi connectivity index (χ2v) is 1.80. The molecule has 0 heterocycles. The van der Waals surface area contributed by atoms with Crippen LogP contribution in [-0.4, -0.2) is 6.04 Å². The lowest BCUT2D eigenvalue weighted by Gasteiger charge is -1.73. The summed E-state index contributed by atoms with van der Waals surface area (Å²) in [6.07, 6.45) is 3.08. The predicted octanol–water partition coefficient (Wildman–Crippen LogP) is 0.941. The summed E-state index contributed by atoms with van der Waals surface area (Å²) >= 11 is 0. The van der Waals surface area contributed by atoms with E-state index in [0.717, 1.165) is 6.42 Å². The molecule has 0 unspecified atom stereocenters. The van der Waals surface area contributed by atoms with Crippen LogP contribution in [0.5, 0.6) is 0 Å². The van der Waals surface area contributed by atoms with Crippen molar-refractivity contribution < 1.29 is 0 Å². The number of hydrogen-bond donors (Lipinski definition) is 1. The van der Waals surface area contributed by atoms with Crippen molar-refractivity contribution in [2.24, 2.45) is 11.7 Å². The van der Waals surface area contributed by atoms with E-state index < -0.39 is 0 Å². The van der Waals surface area contributed by atoms with Crippen LogP contribution >= 0.6 is 12.4 Å². The number of rotatable bonds is 1. The van der Waals surface area contributed by atoms with E-state index in [1.807, 2.05) is 6.08 Å². The van der Waals surface area contributed by atoms with Crippen molar-refractivity contribution in [3.8, 4) is 0 Å². The maximum atomic E-state index is 5.41. The maximum Gasteiger partial charge on any atom is 0.0109 e. The van der Waals surface area contributed by atoms with Crippen LogP contribution in [0.3, 0.4) is 0 Å². The molecule has 1 aliphatic rings. The highest BCUT2D eigenvalue weighted by molar-refractivity contribution is 5.85. The van der Waals surface area contributed by atoms with Crippen molar-refractivity contribution in [2.75, 3.05) is 0 Å². The van der Waals surface area contributed by atoms with Gasteiger partial charge < -0.3 is 5.73 Å². The zero-order valence-electron chi connectivity index (χ0n) is 4.13. The molecule has 2 N–H and O–H groups in total. The van der Waals surface area contributed by atoms with E-state index in [9.17, 15) is 0 Å². The minimum Gasteiger partial charge on any atom is -0.327 e. The highest BCUT2D eigenvalue weighted by Gasteiger charge is 2.29. The molecule has 7 heavy (non-hydrogen) atoms. The number of halogens is 1. The molecule has 42 valence electrons. The lowest BCUT2D eigenvalue weighted by Crippen LogP contribution is -1.99. The molecule has 0 radical (unpaired) electrons. The summed E-state index contributed by atoms with van der Waals surface area (Å²) in [6.45, 7) is 3.59. The first-order chi connectivity index (χ1) is 2.84. The van der Waals surface area contributed by atoms with Crippen LogP contribution in [0.1, 0.15) is 6.42 Å². The number of hydrogen-bond acceptors (Lipinski definition) is 1. The molecule has 1 saturated carbocycles. The van der Waals surface area contributed by atoms with Crippen LogP contribution in [0, 0.1) is 5.92 Å². The Morgan fingerprint density at radius 1 is 1.71 bits per heavy atom. The van der Waals surface area contributed by atoms with Gasteiger partial charge in [-0.2, -0.15) is 0 Å². The van der Waals surface area contributed by atoms with Gasteiger partial charge in [-0.15, -0.1) is 19.0 Å². The predicted molar refractivity (Wildman–Crippen MR) is 33.5 cm³/mol. The van der Waals surface area contributed by atoms with Crippen molar-refractivity contribution in [1.82, 2.24) is 0 Å². The maximum absolute atomic E-state index is 5.41. The molecule has 0 aromatic heterocycles. The molecule has 1 aliphatic carbocycles. The van der Waals surface area contributed by atoms with Crippen molar-refractivity contribution in [3.05, 3.63) is 12.7 Å². The molecular formula is C5H10ClN. The fraction of sp³-hybridized carbons (Fsp3) is 0.600. The van der Waals surface area contributed by atoms with Crippen LogP contribution in [0.25, 0.3) is 0 Å². The van der Waals surface area contributed by atoms with Crippen LogP contribution in [-0.2, 0) is 0 Å². The fourth-order valence-corrected chi connectivity index (χ4v) is 0.507. The van der Waals surface area contributed by atoms with Crippen LogP contribution in [0.4, 0.5) is 0 Å². The lowest BCUT2D eigenvalue weighted by molar-refractivity contribution is 0.978. The summed E-state index contributed by atoms with van der Waals surface area (Å²) in [6, 6.07) is 0.447. The Bertz CT molecular complexity index is 72.5. The van der Waals surface area contributed by atoms with E-state index in [4.69, 9.17) is 5.73 Å². The zero-order chi connectivity index (χ0) is 4.57. The van der Waals surface area contributed by atoms with Crippen molar-refractivity contribution in [1.29, 1.82) is 0 Å². The second-order valence-electron chi connectivity index (χ2n) is 1.80. The minimum absolute atomic E-state index is 0. The van der Waals surface area contributed by atoms with Crippen molar-refractivity contribution >= 4 is 12.4 Å². The van der Waals surface area contributed by atoms with Crippen LogP contribution < -0.4 is 5.73 Å². The first-order valence-electron chi connectivity index (χ1n) is 2.22. The SMILES string of the molecule is C=C[C@@H]1C[C@H]1N.Cl. The van der Waals surface area contributed by atoms with Crippen LogP contribution in [0.15, 0.2) is 12.7 Å². The first-order valence-corrected chi connectivity index (χ1v) is 2.22. The van der Waals surface area contributed by atoms with Gasteiger partial charge in [-0.1, -0.05) is 6.08 Å². The molecule has 0 aromatic rings. The summed E-state index contributed by atoms with van der Waals surface area (Å²) in [4.78, 5) is 0. The Morgan fingerprint density at radius 3 is 2.14 bits per heavy atom. The summed E-state index contributed by atoms with van der Waals surface area (Å²) in [7, 11) is 0. The van der Waals surface area contributed by atoms with E-state index in [-0.39, 0.29) is 12.4 Å². The average molecular weight is 120 g/mol. The van der Waals surface area contributed by atoms with Gasteiger partial charge in [0.1, 0.15) is 0 Å². The molecule has 1 rings (SSSR count). The second kappa shape index (κ2) is 2.34. The Hall–Kier alpha value is -0.0100. The average Bonchev–Trinajstić information content (AvgIpc) is 2.19. The molecule has 0 aliphatic heterocycles. The van der Waals surface area contributed by atoms with Crippen molar-refractivity contribution in [2.45, 2.75) is 12.5 Å². The van der Waals surface area contributed by atoms with Crippen LogP contribution in [0.2, 0.25) is 0 Å². The van der Waals surface area contributed by atoms with Gasteiger partial charge in [-0.05, 0) is 12.3 Å². The third-order valence-corrected chi connectivity index (χ3v) is 1.19. The smallest absolute Gasteiger partial charge is 0.0109 e. The Morgan fingerprint density at radius 2 is 2.14 bits per heavy atom. The molecular weight excluding hydrogens is 110 g/mol. The Balaban J connectivity index is 0.000000360. The van der Waals surface area contributed by atoms with E-state index in [0.29, 0.717) is 12.0 Å². The van der Waals surface area contributed by atoms with E-state index >= 15 is 0 Å². The molecule has 2 atom stereocenters. The first kappa shape index (κ1) is 6.99. The quantitative estimate of drug-likeness (QED) is 0.511. The van der Waals surface area contributed by atoms with Gasteiger partial charge in [-0.25, -0.2) is 0 Å². The van der Waals surface area contributed by atoms with E-state index in [2.05, 4.69) is 6.58 Å². The molecule has 0 bridgehead atoms. The van der Waals surface area contributed by atoms with Gasteiger partial charge in [-0.3, -0.25) is 0 Å². The summed E-state index contributed by atoms with van der Waals surface area (Å²) in [5.41, 5.74) is 5.41. The van der Waals surface area contributed by atoms with Gasteiger partial charge in [0.15, 0.2) is 0 Å². The molecule has 0 spiro atoms. The van der Waals surface area contributed by atoms with Gasteiger partial charge in [0.05, 0.1) is 0 Å². The van der Waals surface area contributed by atoms with Gasteiger partial charge in [0, 0.05) is 6.04 Å². The Kier molecular flexibility index (Phi) is 2.33. The molecule has 1 nitrogen and oxygen atoms in total. The van der Waals surface area contributed by atoms with E-state index in [1.54, 1.807) is 0 Å². The largest absolute Gasteiger partial charge is 0.327 e. The summed E-state index contributed by atoms with van der Waals surface area (Å²) in [5, 5.41) is 0. The topological polar surface area (TPSA) is 26.0 Å². The molecule has 0 aromatic carbocycles. The number of nitrogens with two attached hydrogens (primary N) is 1. The molecule has 0 saturated heterocycles. The summed E-state index contributed by atoms with van der Waals surface area (Å²) < 4.78 is 0. The molecule has 0 amide bonds. The van der Waals surface area contributed by atoms with Gasteiger partial charge in [0.25, 0.3) is 0 Å². The summed E-state index contributed by atoms with van der Waals surface area (Å²) in [5.74, 6) is 0.644. The van der Waals surface area contributed by atoms with Crippen molar-refractivity contribution in [3.63, 3.8) is 0 Å². The third-order valence-electron chi connectivity index (χ3n) is 1.19. The monoisotopic (exact) mass is 119 g/mol. The Labute approximate surface area is 50.0 Å². The molecule has 2 heteroatoms. The lowest BCUT2D eigenvalue weighted by atomic mass is 10.4. The van der Waals surface area contributed by atoms with Gasteiger partial charge >= 0.3 is 0 Å². The molecule has 1 fully saturated rings. The standard InChI is InChI=1S/C5H9N.ClH/c1-2-4-3-5(4)6;/h2,4-5H,1,3,6H2;1H/t4-,5-;/m1./s1. The zero-order valence-corrected chi connectivity index (χ0v) is 4.95. The highest BCUT2D eigenvalue weighted by Crippen LogP contribution is 2.27. The normalized spacial score (nSPS) is 36.1. The van der Waals surface area contributed by atoms with E-state index in [1.165, 1.54) is 0 Å². The highest BCUT2D eigenvalue weighted by atomic mass is 35.5. The third kappa shape index (κ3) is 1.49.